The molecule has 1 saturated heterocycles. The highest BCUT2D eigenvalue weighted by Gasteiger charge is 2.30. The molecule has 0 amide bonds. The molecule has 0 aromatic heterocycles. The summed E-state index contributed by atoms with van der Waals surface area (Å²) in [7, 11) is -3.62. The number of hydrogen-bond donors (Lipinski definition) is 0. The van der Waals surface area contributed by atoms with Gasteiger partial charge in [0.05, 0.1) is 10.5 Å². The number of piperazine rings is 1. The van der Waals surface area contributed by atoms with Gasteiger partial charge in [0.15, 0.2) is 0 Å². The average molecular weight is 341 g/mol. The number of benzene rings is 2. The van der Waals surface area contributed by atoms with Gasteiger partial charge >= 0.3 is 0 Å². The summed E-state index contributed by atoms with van der Waals surface area (Å²) in [5.41, 5.74) is 1.42. The van der Waals surface area contributed by atoms with Gasteiger partial charge in [0.25, 0.3) is 0 Å². The van der Waals surface area contributed by atoms with Crippen LogP contribution in [0.4, 0.5) is 0 Å². The summed E-state index contributed by atoms with van der Waals surface area (Å²) >= 11 is 0. The highest BCUT2D eigenvalue weighted by atomic mass is 32.2. The second-order valence-corrected chi connectivity index (χ2v) is 7.68. The van der Waals surface area contributed by atoms with Crippen molar-refractivity contribution in [2.24, 2.45) is 0 Å². The molecule has 0 bridgehead atoms. The molecule has 0 unspecified atom stereocenters. The lowest BCUT2D eigenvalue weighted by Gasteiger charge is -2.34. The molecule has 3 rings (SSSR count). The van der Waals surface area contributed by atoms with Crippen molar-refractivity contribution in [2.75, 3.05) is 26.2 Å². The number of nitrogens with zero attached hydrogens (tertiary/aromatic N) is 3. The van der Waals surface area contributed by atoms with Gasteiger partial charge in [-0.2, -0.15) is 9.57 Å². The second kappa shape index (κ2) is 7.14. The topological polar surface area (TPSA) is 64.4 Å². The molecule has 1 heterocycles. The Morgan fingerprint density at radius 2 is 1.54 bits per heavy atom. The van der Waals surface area contributed by atoms with Crippen LogP contribution in [0.3, 0.4) is 0 Å². The third-order valence-electron chi connectivity index (χ3n) is 4.21. The maximum atomic E-state index is 12.8. The summed E-state index contributed by atoms with van der Waals surface area (Å²) in [6.45, 7) is 3.07. The van der Waals surface area contributed by atoms with Gasteiger partial charge in [-0.1, -0.05) is 42.5 Å². The summed E-state index contributed by atoms with van der Waals surface area (Å²) < 4.78 is 27.1. The van der Waals surface area contributed by atoms with Crippen molar-refractivity contribution in [3.05, 3.63) is 65.7 Å². The Morgan fingerprint density at radius 1 is 0.917 bits per heavy atom. The lowest BCUT2D eigenvalue weighted by atomic mass is 10.2. The molecule has 0 radical (unpaired) electrons. The van der Waals surface area contributed by atoms with Crippen LogP contribution in [-0.2, 0) is 16.6 Å². The van der Waals surface area contributed by atoms with E-state index in [9.17, 15) is 8.42 Å². The number of hydrogen-bond acceptors (Lipinski definition) is 4. The minimum atomic E-state index is -3.62. The van der Waals surface area contributed by atoms with Crippen LogP contribution in [0.15, 0.2) is 59.5 Å². The van der Waals surface area contributed by atoms with Gasteiger partial charge in [-0.25, -0.2) is 8.42 Å². The predicted octanol–water partition coefficient (Wildman–Crippen LogP) is 2.06. The summed E-state index contributed by atoms with van der Waals surface area (Å²) in [5, 5.41) is 9.15. The minimum absolute atomic E-state index is 0.101. The fraction of sp³-hybridized carbons (Fsp3) is 0.278. The van der Waals surface area contributed by atoms with E-state index in [-0.39, 0.29) is 10.5 Å². The van der Waals surface area contributed by atoms with Crippen LogP contribution < -0.4 is 0 Å². The Hall–Kier alpha value is -2.20. The second-order valence-electron chi connectivity index (χ2n) is 5.77. The highest BCUT2D eigenvalue weighted by molar-refractivity contribution is 7.89. The van der Waals surface area contributed by atoms with Gasteiger partial charge in [-0.05, 0) is 17.7 Å². The van der Waals surface area contributed by atoms with Gasteiger partial charge in [0, 0.05) is 32.7 Å². The van der Waals surface area contributed by atoms with E-state index in [1.807, 2.05) is 24.3 Å². The van der Waals surface area contributed by atoms with Crippen molar-refractivity contribution in [1.29, 1.82) is 5.26 Å². The molecule has 1 aliphatic rings. The third kappa shape index (κ3) is 3.49. The molecule has 24 heavy (non-hydrogen) atoms. The molecule has 0 N–H and O–H groups in total. The molecule has 124 valence electrons. The lowest BCUT2D eigenvalue weighted by Crippen LogP contribution is -2.48. The molecule has 0 aliphatic carbocycles. The first kappa shape index (κ1) is 16.7. The Morgan fingerprint density at radius 3 is 2.21 bits per heavy atom. The van der Waals surface area contributed by atoms with Crippen LogP contribution in [0.5, 0.6) is 0 Å². The molecule has 0 saturated carbocycles. The first-order valence-electron chi connectivity index (χ1n) is 7.87. The number of nitriles is 1. The van der Waals surface area contributed by atoms with Gasteiger partial charge in [-0.3, -0.25) is 4.90 Å². The summed E-state index contributed by atoms with van der Waals surface area (Å²) in [5.74, 6) is 0. The fourth-order valence-electron chi connectivity index (χ4n) is 2.89. The highest BCUT2D eigenvalue weighted by Crippen LogP contribution is 2.21. The lowest BCUT2D eigenvalue weighted by molar-refractivity contribution is 0.181. The van der Waals surface area contributed by atoms with E-state index >= 15 is 0 Å². The smallest absolute Gasteiger partial charge is 0.244 e. The molecule has 0 spiro atoms. The zero-order chi connectivity index (χ0) is 17.0. The third-order valence-corrected chi connectivity index (χ3v) is 6.16. The van der Waals surface area contributed by atoms with Crippen molar-refractivity contribution in [1.82, 2.24) is 9.21 Å². The molecule has 0 atom stereocenters. The number of sulfonamides is 1. The zero-order valence-electron chi connectivity index (χ0n) is 13.3. The van der Waals surface area contributed by atoms with E-state index < -0.39 is 10.0 Å². The Balaban J connectivity index is 1.69. The molecule has 6 heteroatoms. The average Bonchev–Trinajstić information content (AvgIpc) is 2.63. The van der Waals surface area contributed by atoms with Crippen LogP contribution >= 0.6 is 0 Å². The normalized spacial score (nSPS) is 16.6. The fourth-order valence-corrected chi connectivity index (χ4v) is 4.46. The summed E-state index contributed by atoms with van der Waals surface area (Å²) in [6, 6.07) is 18.5. The van der Waals surface area contributed by atoms with E-state index in [2.05, 4.69) is 17.0 Å². The molecule has 1 fully saturated rings. The van der Waals surface area contributed by atoms with E-state index in [4.69, 9.17) is 5.26 Å². The van der Waals surface area contributed by atoms with Gasteiger partial charge in [-0.15, -0.1) is 0 Å². The Labute approximate surface area is 142 Å². The van der Waals surface area contributed by atoms with Crippen LogP contribution in [0, 0.1) is 11.3 Å². The quantitative estimate of drug-likeness (QED) is 0.854. The first-order valence-corrected chi connectivity index (χ1v) is 9.31. The van der Waals surface area contributed by atoms with Crippen molar-refractivity contribution in [3.63, 3.8) is 0 Å². The molecule has 5 nitrogen and oxygen atoms in total. The van der Waals surface area contributed by atoms with Crippen LogP contribution in [0.2, 0.25) is 0 Å². The maximum Gasteiger partial charge on any atom is 0.244 e. The maximum absolute atomic E-state index is 12.8. The van der Waals surface area contributed by atoms with E-state index in [1.165, 1.54) is 15.9 Å². The van der Waals surface area contributed by atoms with Crippen molar-refractivity contribution in [2.45, 2.75) is 11.4 Å². The molecule has 2 aromatic carbocycles. The first-order chi connectivity index (χ1) is 11.6. The largest absolute Gasteiger partial charge is 0.296 e. The van der Waals surface area contributed by atoms with Crippen molar-refractivity contribution >= 4 is 10.0 Å². The Kier molecular flexibility index (Phi) is 4.95. The van der Waals surface area contributed by atoms with Crippen LogP contribution in [-0.4, -0.2) is 43.8 Å². The van der Waals surface area contributed by atoms with E-state index in [0.717, 1.165) is 6.54 Å². The standard InChI is InChI=1S/C18H19N3O2S/c19-14-17-8-4-5-9-18(17)24(22,23)21-12-10-20(11-13-21)15-16-6-2-1-3-7-16/h1-9H,10-13,15H2. The van der Waals surface area contributed by atoms with Crippen molar-refractivity contribution < 1.29 is 8.42 Å². The van der Waals surface area contributed by atoms with Gasteiger partial charge in [0.2, 0.25) is 10.0 Å². The SMILES string of the molecule is N#Cc1ccccc1S(=O)(=O)N1CCN(Cc2ccccc2)CC1. The minimum Gasteiger partial charge on any atom is -0.296 e. The van der Waals surface area contributed by atoms with Gasteiger partial charge in [0.1, 0.15) is 6.07 Å². The van der Waals surface area contributed by atoms with E-state index in [0.29, 0.717) is 26.2 Å². The molecule has 1 aliphatic heterocycles. The van der Waals surface area contributed by atoms with E-state index in [1.54, 1.807) is 18.2 Å². The Bertz CT molecular complexity index is 836. The number of rotatable bonds is 4. The monoisotopic (exact) mass is 341 g/mol. The van der Waals surface area contributed by atoms with Crippen LogP contribution in [0.25, 0.3) is 0 Å². The summed E-state index contributed by atoms with van der Waals surface area (Å²) in [4.78, 5) is 2.35. The molecule has 2 aromatic rings. The molecular formula is C18H19N3O2S. The zero-order valence-corrected chi connectivity index (χ0v) is 14.1. The van der Waals surface area contributed by atoms with Crippen LogP contribution in [0.1, 0.15) is 11.1 Å². The predicted molar refractivity (Wildman–Crippen MR) is 91.6 cm³/mol. The summed E-state index contributed by atoms with van der Waals surface area (Å²) in [6.07, 6.45) is 0. The molecular weight excluding hydrogens is 322 g/mol. The van der Waals surface area contributed by atoms with Gasteiger partial charge < -0.3 is 0 Å². The van der Waals surface area contributed by atoms with Crippen molar-refractivity contribution in [3.8, 4) is 6.07 Å².